The van der Waals surface area contributed by atoms with Gasteiger partial charge in [0.15, 0.2) is 0 Å². The maximum Gasteiger partial charge on any atom is 0.0935 e. The van der Waals surface area contributed by atoms with Gasteiger partial charge in [0.25, 0.3) is 0 Å². The fraction of sp³-hybridized carbons (Fsp3) is 0.636. The fourth-order valence-corrected chi connectivity index (χ4v) is 2.01. The van der Waals surface area contributed by atoms with Crippen LogP contribution in [0.25, 0.3) is 0 Å². The molecule has 0 radical (unpaired) electrons. The Morgan fingerprint density at radius 3 is 2.92 bits per heavy atom. The Morgan fingerprint density at radius 2 is 2.46 bits per heavy atom. The van der Waals surface area contributed by atoms with Crippen LogP contribution < -0.4 is 5.32 Å². The predicted octanol–water partition coefficient (Wildman–Crippen LogP) is 2.21. The summed E-state index contributed by atoms with van der Waals surface area (Å²) in [5.41, 5.74) is 1.31. The molecule has 1 fully saturated rings. The molecule has 1 aromatic rings. The highest BCUT2D eigenvalue weighted by atomic mass is 16.3. The summed E-state index contributed by atoms with van der Waals surface area (Å²) >= 11 is 0. The fourth-order valence-electron chi connectivity index (χ4n) is 2.01. The topological polar surface area (TPSA) is 25.2 Å². The molecular weight excluding hydrogens is 162 g/mol. The van der Waals surface area contributed by atoms with E-state index in [9.17, 15) is 0 Å². The summed E-state index contributed by atoms with van der Waals surface area (Å²) in [6.45, 7) is 0. The molecule has 1 aliphatic carbocycles. The monoisotopic (exact) mass is 179 g/mol. The second-order valence-electron chi connectivity index (χ2n) is 3.92. The van der Waals surface area contributed by atoms with Crippen molar-refractivity contribution in [2.24, 2.45) is 5.92 Å². The average Bonchev–Trinajstić information content (AvgIpc) is 2.52. The molecular formula is C11H17NO. The first-order valence-electron chi connectivity index (χ1n) is 5.08. The average molecular weight is 179 g/mol. The van der Waals surface area contributed by atoms with Gasteiger partial charge in [-0.3, -0.25) is 0 Å². The van der Waals surface area contributed by atoms with Crippen molar-refractivity contribution in [1.29, 1.82) is 0 Å². The zero-order chi connectivity index (χ0) is 9.10. The van der Waals surface area contributed by atoms with E-state index in [2.05, 4.69) is 18.4 Å². The molecule has 1 aliphatic rings. The van der Waals surface area contributed by atoms with Gasteiger partial charge in [-0.05, 0) is 43.9 Å². The maximum atomic E-state index is 5.06. The van der Waals surface area contributed by atoms with Gasteiger partial charge >= 0.3 is 0 Å². The SMILES string of the molecule is CNC(Cc1ccoc1)C1CCC1. The quantitative estimate of drug-likeness (QED) is 0.766. The molecule has 1 N–H and O–H groups in total. The van der Waals surface area contributed by atoms with Crippen LogP contribution in [-0.4, -0.2) is 13.1 Å². The Hall–Kier alpha value is -0.760. The Kier molecular flexibility index (Phi) is 2.69. The predicted molar refractivity (Wildman–Crippen MR) is 52.6 cm³/mol. The highest BCUT2D eigenvalue weighted by Crippen LogP contribution is 2.30. The lowest BCUT2D eigenvalue weighted by atomic mass is 9.78. The van der Waals surface area contributed by atoms with Gasteiger partial charge in [-0.2, -0.15) is 0 Å². The summed E-state index contributed by atoms with van der Waals surface area (Å²) in [5, 5.41) is 3.40. The van der Waals surface area contributed by atoms with E-state index in [4.69, 9.17) is 4.42 Å². The van der Waals surface area contributed by atoms with Gasteiger partial charge in [-0.1, -0.05) is 6.42 Å². The number of furan rings is 1. The number of rotatable bonds is 4. The maximum absolute atomic E-state index is 5.06. The van der Waals surface area contributed by atoms with E-state index in [1.807, 2.05) is 6.26 Å². The second-order valence-corrected chi connectivity index (χ2v) is 3.92. The summed E-state index contributed by atoms with van der Waals surface area (Å²) in [6, 6.07) is 2.70. The molecule has 1 aromatic heterocycles. The van der Waals surface area contributed by atoms with E-state index in [-0.39, 0.29) is 0 Å². The molecule has 13 heavy (non-hydrogen) atoms. The standard InChI is InChI=1S/C11H17NO/c1-12-11(10-3-2-4-10)7-9-5-6-13-8-9/h5-6,8,10-12H,2-4,7H2,1H3. The Bertz CT molecular complexity index is 239. The normalized spacial score (nSPS) is 19.8. The number of likely N-dealkylation sites (N-methyl/N-ethyl adjacent to an activating group) is 1. The van der Waals surface area contributed by atoms with Crippen LogP contribution in [0, 0.1) is 5.92 Å². The van der Waals surface area contributed by atoms with Crippen molar-refractivity contribution >= 4 is 0 Å². The van der Waals surface area contributed by atoms with Gasteiger partial charge < -0.3 is 9.73 Å². The van der Waals surface area contributed by atoms with Gasteiger partial charge in [0.05, 0.1) is 12.5 Å². The van der Waals surface area contributed by atoms with Crippen LogP contribution in [0.4, 0.5) is 0 Å². The minimum atomic E-state index is 0.645. The van der Waals surface area contributed by atoms with E-state index >= 15 is 0 Å². The van der Waals surface area contributed by atoms with Gasteiger partial charge in [-0.25, -0.2) is 0 Å². The van der Waals surface area contributed by atoms with Crippen LogP contribution in [-0.2, 0) is 6.42 Å². The van der Waals surface area contributed by atoms with Gasteiger partial charge in [0.2, 0.25) is 0 Å². The first-order chi connectivity index (χ1) is 6.40. The van der Waals surface area contributed by atoms with Crippen molar-refractivity contribution in [3.63, 3.8) is 0 Å². The van der Waals surface area contributed by atoms with Crippen molar-refractivity contribution in [1.82, 2.24) is 5.32 Å². The van der Waals surface area contributed by atoms with E-state index in [0.29, 0.717) is 6.04 Å². The Morgan fingerprint density at radius 1 is 1.62 bits per heavy atom. The molecule has 0 aliphatic heterocycles. The van der Waals surface area contributed by atoms with Crippen LogP contribution in [0.1, 0.15) is 24.8 Å². The molecule has 0 bridgehead atoms. The van der Waals surface area contributed by atoms with Gasteiger partial charge in [0.1, 0.15) is 0 Å². The molecule has 0 saturated heterocycles. The lowest BCUT2D eigenvalue weighted by Crippen LogP contribution is -2.38. The molecule has 1 heterocycles. The van der Waals surface area contributed by atoms with Crippen molar-refractivity contribution in [2.45, 2.75) is 31.7 Å². The van der Waals surface area contributed by atoms with E-state index in [1.54, 1.807) is 6.26 Å². The molecule has 2 heteroatoms. The van der Waals surface area contributed by atoms with Gasteiger partial charge in [0, 0.05) is 6.04 Å². The van der Waals surface area contributed by atoms with E-state index < -0.39 is 0 Å². The molecule has 0 amide bonds. The van der Waals surface area contributed by atoms with Crippen molar-refractivity contribution < 1.29 is 4.42 Å². The molecule has 0 spiro atoms. The largest absolute Gasteiger partial charge is 0.472 e. The molecule has 2 rings (SSSR count). The minimum Gasteiger partial charge on any atom is -0.472 e. The molecule has 1 unspecified atom stereocenters. The van der Waals surface area contributed by atoms with Gasteiger partial charge in [-0.15, -0.1) is 0 Å². The third-order valence-electron chi connectivity index (χ3n) is 3.13. The third kappa shape index (κ3) is 1.94. The first-order valence-corrected chi connectivity index (χ1v) is 5.08. The zero-order valence-electron chi connectivity index (χ0n) is 8.12. The van der Waals surface area contributed by atoms with Crippen LogP contribution in [0.5, 0.6) is 0 Å². The van der Waals surface area contributed by atoms with Crippen molar-refractivity contribution in [3.05, 3.63) is 24.2 Å². The first kappa shape index (κ1) is 8.82. The zero-order valence-corrected chi connectivity index (χ0v) is 8.12. The second kappa shape index (κ2) is 3.97. The molecule has 0 aromatic carbocycles. The van der Waals surface area contributed by atoms with Crippen LogP contribution in [0.15, 0.2) is 23.0 Å². The minimum absolute atomic E-state index is 0.645. The lowest BCUT2D eigenvalue weighted by molar-refractivity contribution is 0.235. The van der Waals surface area contributed by atoms with E-state index in [1.165, 1.54) is 24.8 Å². The number of hydrogen-bond acceptors (Lipinski definition) is 2. The van der Waals surface area contributed by atoms with Crippen LogP contribution >= 0.6 is 0 Å². The van der Waals surface area contributed by atoms with Crippen LogP contribution in [0.3, 0.4) is 0 Å². The molecule has 72 valence electrons. The molecule has 2 nitrogen and oxygen atoms in total. The third-order valence-corrected chi connectivity index (χ3v) is 3.13. The lowest BCUT2D eigenvalue weighted by Gasteiger charge is -2.33. The van der Waals surface area contributed by atoms with Crippen molar-refractivity contribution in [2.75, 3.05) is 7.05 Å². The van der Waals surface area contributed by atoms with Crippen molar-refractivity contribution in [3.8, 4) is 0 Å². The Labute approximate surface area is 79.3 Å². The number of nitrogens with one attached hydrogen (secondary N) is 1. The molecule has 1 saturated carbocycles. The number of hydrogen-bond donors (Lipinski definition) is 1. The van der Waals surface area contributed by atoms with Crippen LogP contribution in [0.2, 0.25) is 0 Å². The molecule has 1 atom stereocenters. The summed E-state index contributed by atoms with van der Waals surface area (Å²) in [4.78, 5) is 0. The summed E-state index contributed by atoms with van der Waals surface area (Å²) in [5.74, 6) is 0.889. The summed E-state index contributed by atoms with van der Waals surface area (Å²) in [6.07, 6.45) is 8.91. The summed E-state index contributed by atoms with van der Waals surface area (Å²) < 4.78 is 5.06. The highest BCUT2D eigenvalue weighted by molar-refractivity contribution is 5.08. The highest BCUT2D eigenvalue weighted by Gasteiger charge is 2.26. The smallest absolute Gasteiger partial charge is 0.0935 e. The summed E-state index contributed by atoms with van der Waals surface area (Å²) in [7, 11) is 2.06. The van der Waals surface area contributed by atoms with E-state index in [0.717, 1.165) is 12.3 Å². The Balaban J connectivity index is 1.90.